The molecule has 0 fully saturated rings. The van der Waals surface area contributed by atoms with Gasteiger partial charge in [-0.05, 0) is 25.0 Å². The number of unbranched alkanes of at least 4 members (excludes halogenated alkanes) is 3. The molecule has 9 heteroatoms. The van der Waals surface area contributed by atoms with Gasteiger partial charge in [0.25, 0.3) is 11.8 Å². The van der Waals surface area contributed by atoms with Crippen LogP contribution in [0.5, 0.6) is 0 Å². The zero-order valence-corrected chi connectivity index (χ0v) is 13.8. The third-order valence-corrected chi connectivity index (χ3v) is 5.02. The Bertz CT molecular complexity index is 725. The first kappa shape index (κ1) is 17.9. The topological polar surface area (TPSA) is 127 Å². The summed E-state index contributed by atoms with van der Waals surface area (Å²) in [5, 5.41) is 0. The molecule has 1 aliphatic heterocycles. The molecule has 0 saturated carbocycles. The zero-order valence-electron chi connectivity index (χ0n) is 13.0. The third kappa shape index (κ3) is 4.31. The molecule has 130 valence electrons. The molecular formula is C15H19N3O5S. The molecule has 0 saturated heterocycles. The van der Waals surface area contributed by atoms with E-state index in [1.165, 1.54) is 4.90 Å². The van der Waals surface area contributed by atoms with E-state index in [-0.39, 0.29) is 17.6 Å². The Labute approximate surface area is 140 Å². The van der Waals surface area contributed by atoms with Crippen LogP contribution in [0.3, 0.4) is 0 Å². The van der Waals surface area contributed by atoms with Crippen LogP contribution in [0.15, 0.2) is 24.3 Å². The van der Waals surface area contributed by atoms with Crippen LogP contribution >= 0.6 is 0 Å². The summed E-state index contributed by atoms with van der Waals surface area (Å²) in [6.07, 6.45) is 2.22. The van der Waals surface area contributed by atoms with Crippen molar-refractivity contribution in [1.29, 1.82) is 0 Å². The number of urea groups is 1. The highest BCUT2D eigenvalue weighted by molar-refractivity contribution is 7.90. The Balaban J connectivity index is 1.72. The number of carbonyl (C=O) groups is 3. The minimum atomic E-state index is -3.68. The van der Waals surface area contributed by atoms with E-state index in [0.29, 0.717) is 43.4 Å². The number of hydrogen-bond donors (Lipinski definition) is 2. The van der Waals surface area contributed by atoms with Crippen molar-refractivity contribution in [3.63, 3.8) is 0 Å². The lowest BCUT2D eigenvalue weighted by Gasteiger charge is -2.13. The van der Waals surface area contributed by atoms with E-state index in [1.54, 1.807) is 29.0 Å². The SMILES string of the molecule is NC(=O)NS(=O)(=O)CCCCCCN1C(=O)c2ccccc2C1=O. The van der Waals surface area contributed by atoms with Crippen molar-refractivity contribution < 1.29 is 22.8 Å². The molecule has 1 aromatic carbocycles. The summed E-state index contributed by atoms with van der Waals surface area (Å²) in [6.45, 7) is 0.304. The van der Waals surface area contributed by atoms with E-state index in [1.807, 2.05) is 0 Å². The Morgan fingerprint density at radius 3 is 2.08 bits per heavy atom. The lowest BCUT2D eigenvalue weighted by molar-refractivity contribution is 0.0651. The normalized spacial score (nSPS) is 13.9. The molecule has 0 aromatic heterocycles. The molecule has 0 aliphatic carbocycles. The number of hydrogen-bond acceptors (Lipinski definition) is 5. The number of rotatable bonds is 8. The molecule has 1 aromatic rings. The highest BCUT2D eigenvalue weighted by Gasteiger charge is 2.34. The van der Waals surface area contributed by atoms with Crippen LogP contribution in [-0.2, 0) is 10.0 Å². The van der Waals surface area contributed by atoms with E-state index in [4.69, 9.17) is 5.73 Å². The highest BCUT2D eigenvalue weighted by atomic mass is 32.2. The zero-order chi connectivity index (χ0) is 17.7. The van der Waals surface area contributed by atoms with Gasteiger partial charge in [-0.1, -0.05) is 25.0 Å². The maximum absolute atomic E-state index is 12.1. The van der Waals surface area contributed by atoms with Crippen LogP contribution < -0.4 is 10.5 Å². The number of amides is 4. The van der Waals surface area contributed by atoms with Crippen molar-refractivity contribution >= 4 is 27.9 Å². The Morgan fingerprint density at radius 2 is 1.54 bits per heavy atom. The first-order chi connectivity index (χ1) is 11.3. The molecule has 24 heavy (non-hydrogen) atoms. The standard InChI is InChI=1S/C15H19N3O5S/c16-15(21)17-24(22,23)10-6-2-1-5-9-18-13(19)11-7-3-4-8-12(11)14(18)20/h3-4,7-8H,1-2,5-6,9-10H2,(H3,16,17,21). The number of sulfonamides is 1. The van der Waals surface area contributed by atoms with Crippen molar-refractivity contribution in [2.24, 2.45) is 5.73 Å². The van der Waals surface area contributed by atoms with Gasteiger partial charge in [-0.3, -0.25) is 14.5 Å². The first-order valence-corrected chi connectivity index (χ1v) is 9.22. The van der Waals surface area contributed by atoms with Crippen LogP contribution in [-0.4, -0.2) is 43.5 Å². The van der Waals surface area contributed by atoms with Crippen LogP contribution in [0.4, 0.5) is 4.79 Å². The second-order valence-corrected chi connectivity index (χ2v) is 7.35. The predicted octanol–water partition coefficient (Wildman–Crippen LogP) is 0.841. The summed E-state index contributed by atoms with van der Waals surface area (Å²) < 4.78 is 24.5. The number of nitrogens with one attached hydrogen (secondary N) is 1. The smallest absolute Gasteiger partial charge is 0.325 e. The molecule has 4 amide bonds. The van der Waals surface area contributed by atoms with E-state index in [9.17, 15) is 22.8 Å². The molecule has 1 aliphatic rings. The second kappa shape index (κ2) is 7.43. The van der Waals surface area contributed by atoms with Gasteiger partial charge < -0.3 is 5.73 Å². The lowest BCUT2D eigenvalue weighted by atomic mass is 10.1. The van der Waals surface area contributed by atoms with Gasteiger partial charge in [0.1, 0.15) is 0 Å². The van der Waals surface area contributed by atoms with Crippen molar-refractivity contribution in [2.45, 2.75) is 25.7 Å². The number of benzene rings is 1. The van der Waals surface area contributed by atoms with Crippen LogP contribution in [0, 0.1) is 0 Å². The summed E-state index contributed by atoms with van der Waals surface area (Å²) in [5.41, 5.74) is 5.61. The first-order valence-electron chi connectivity index (χ1n) is 7.57. The van der Waals surface area contributed by atoms with Gasteiger partial charge in [-0.25, -0.2) is 17.9 Å². The summed E-state index contributed by atoms with van der Waals surface area (Å²) >= 11 is 0. The van der Waals surface area contributed by atoms with Crippen molar-refractivity contribution in [1.82, 2.24) is 9.62 Å². The van der Waals surface area contributed by atoms with Crippen LogP contribution in [0.2, 0.25) is 0 Å². The van der Waals surface area contributed by atoms with Gasteiger partial charge in [0.15, 0.2) is 0 Å². The van der Waals surface area contributed by atoms with Gasteiger partial charge in [0.2, 0.25) is 10.0 Å². The third-order valence-electron chi connectivity index (χ3n) is 3.68. The molecule has 1 heterocycles. The molecule has 0 spiro atoms. The van der Waals surface area contributed by atoms with Gasteiger partial charge >= 0.3 is 6.03 Å². The minimum absolute atomic E-state index is 0.192. The highest BCUT2D eigenvalue weighted by Crippen LogP contribution is 2.22. The van der Waals surface area contributed by atoms with E-state index in [0.717, 1.165) is 0 Å². The van der Waals surface area contributed by atoms with E-state index >= 15 is 0 Å². The molecule has 3 N–H and O–H groups in total. The maximum atomic E-state index is 12.1. The summed E-state index contributed by atoms with van der Waals surface area (Å²) in [5.74, 6) is -0.768. The fraction of sp³-hybridized carbons (Fsp3) is 0.400. The van der Waals surface area contributed by atoms with Crippen LogP contribution in [0.25, 0.3) is 0 Å². The van der Waals surface area contributed by atoms with Gasteiger partial charge in [0, 0.05) is 6.54 Å². The Morgan fingerprint density at radius 1 is 1.00 bits per heavy atom. The summed E-state index contributed by atoms with van der Waals surface area (Å²) in [4.78, 5) is 36.0. The molecule has 0 radical (unpaired) electrons. The average molecular weight is 353 g/mol. The molecular weight excluding hydrogens is 334 g/mol. The molecule has 2 rings (SSSR count). The number of fused-ring (bicyclic) bond motifs is 1. The quantitative estimate of drug-likeness (QED) is 0.529. The van der Waals surface area contributed by atoms with E-state index < -0.39 is 16.1 Å². The number of nitrogens with zero attached hydrogens (tertiary/aromatic N) is 1. The monoisotopic (exact) mass is 353 g/mol. The largest absolute Gasteiger partial charge is 0.351 e. The molecule has 0 unspecified atom stereocenters. The van der Waals surface area contributed by atoms with Gasteiger partial charge in [0.05, 0.1) is 16.9 Å². The summed E-state index contributed by atoms with van der Waals surface area (Å²) in [6, 6.07) is 5.60. The maximum Gasteiger partial charge on any atom is 0.325 e. The summed E-state index contributed by atoms with van der Waals surface area (Å²) in [7, 11) is -3.68. The lowest BCUT2D eigenvalue weighted by Crippen LogP contribution is -2.36. The predicted molar refractivity (Wildman–Crippen MR) is 86.8 cm³/mol. The molecule has 8 nitrogen and oxygen atoms in total. The van der Waals surface area contributed by atoms with E-state index in [2.05, 4.69) is 0 Å². The van der Waals surface area contributed by atoms with Gasteiger partial charge in [-0.2, -0.15) is 0 Å². The number of carbonyl (C=O) groups excluding carboxylic acids is 3. The fourth-order valence-corrected chi connectivity index (χ4v) is 3.55. The average Bonchev–Trinajstić information content (AvgIpc) is 2.74. The minimum Gasteiger partial charge on any atom is -0.351 e. The van der Waals surface area contributed by atoms with Crippen LogP contribution in [0.1, 0.15) is 46.4 Å². The van der Waals surface area contributed by atoms with Crippen molar-refractivity contribution in [3.8, 4) is 0 Å². The number of imide groups is 1. The Kier molecular flexibility index (Phi) is 5.55. The van der Waals surface area contributed by atoms with Crippen molar-refractivity contribution in [3.05, 3.63) is 35.4 Å². The fourth-order valence-electron chi connectivity index (χ4n) is 2.56. The Hall–Kier alpha value is -2.42. The second-order valence-electron chi connectivity index (χ2n) is 5.51. The number of primary amides is 1. The molecule has 0 atom stereocenters. The molecule has 0 bridgehead atoms. The van der Waals surface area contributed by atoms with Crippen molar-refractivity contribution in [2.75, 3.05) is 12.3 Å². The van der Waals surface area contributed by atoms with Gasteiger partial charge in [-0.15, -0.1) is 0 Å². The number of nitrogens with two attached hydrogens (primary N) is 1.